The van der Waals surface area contributed by atoms with Gasteiger partial charge < -0.3 is 5.32 Å². The van der Waals surface area contributed by atoms with Crippen LogP contribution in [0.15, 0.2) is 6.07 Å². The van der Waals surface area contributed by atoms with Crippen LogP contribution < -0.4 is 5.32 Å². The summed E-state index contributed by atoms with van der Waals surface area (Å²) in [6.45, 7) is 3.01. The summed E-state index contributed by atoms with van der Waals surface area (Å²) in [7, 11) is 0. The van der Waals surface area contributed by atoms with Gasteiger partial charge >= 0.3 is 0 Å². The van der Waals surface area contributed by atoms with Gasteiger partial charge in [-0.15, -0.1) is 0 Å². The van der Waals surface area contributed by atoms with E-state index < -0.39 is 0 Å². The summed E-state index contributed by atoms with van der Waals surface area (Å²) in [4.78, 5) is 9.22. The molecule has 21 heavy (non-hydrogen) atoms. The van der Waals surface area contributed by atoms with Gasteiger partial charge in [-0.25, -0.2) is 9.97 Å². The molecular formula is C16H21N5. The van der Waals surface area contributed by atoms with Crippen LogP contribution in [0.1, 0.15) is 48.5 Å². The van der Waals surface area contributed by atoms with Crippen molar-refractivity contribution in [1.82, 2.24) is 19.7 Å². The first-order valence-corrected chi connectivity index (χ1v) is 8.00. The topological polar surface area (TPSA) is 55.6 Å². The van der Waals surface area contributed by atoms with E-state index in [-0.39, 0.29) is 0 Å². The number of aromatic nitrogens is 4. The van der Waals surface area contributed by atoms with Crippen LogP contribution in [-0.4, -0.2) is 19.7 Å². The Balaban J connectivity index is 1.67. The lowest BCUT2D eigenvalue weighted by molar-refractivity contribution is 0.487. The molecule has 0 saturated carbocycles. The number of nitrogens with zero attached hydrogens (tertiary/aromatic N) is 4. The minimum absolute atomic E-state index is 0.849. The van der Waals surface area contributed by atoms with Crippen LogP contribution in [0.2, 0.25) is 0 Å². The zero-order valence-corrected chi connectivity index (χ0v) is 12.5. The predicted molar refractivity (Wildman–Crippen MR) is 81.9 cm³/mol. The molecule has 0 saturated heterocycles. The van der Waals surface area contributed by atoms with E-state index in [9.17, 15) is 0 Å². The zero-order valence-electron chi connectivity index (χ0n) is 12.5. The van der Waals surface area contributed by atoms with Crippen molar-refractivity contribution in [3.8, 4) is 0 Å². The van der Waals surface area contributed by atoms with Crippen LogP contribution in [0.4, 0.5) is 11.6 Å². The van der Waals surface area contributed by atoms with E-state index in [4.69, 9.17) is 0 Å². The lowest BCUT2D eigenvalue weighted by Gasteiger charge is -2.18. The summed E-state index contributed by atoms with van der Waals surface area (Å²) < 4.78 is 2.13. The fourth-order valence-electron chi connectivity index (χ4n) is 3.42. The number of hydrogen-bond donors (Lipinski definition) is 1. The first-order valence-electron chi connectivity index (χ1n) is 8.00. The van der Waals surface area contributed by atoms with Crippen molar-refractivity contribution >= 4 is 11.6 Å². The van der Waals surface area contributed by atoms with Crippen LogP contribution in [-0.2, 0) is 25.8 Å². The maximum Gasteiger partial charge on any atom is 0.153 e. The van der Waals surface area contributed by atoms with Gasteiger partial charge in [-0.3, -0.25) is 4.68 Å². The average Bonchev–Trinajstić information content (AvgIpc) is 2.89. The molecule has 0 amide bonds. The Morgan fingerprint density at radius 1 is 1.05 bits per heavy atom. The van der Waals surface area contributed by atoms with Crippen molar-refractivity contribution in [1.29, 1.82) is 0 Å². The third-order valence-corrected chi connectivity index (χ3v) is 4.46. The molecule has 1 N–H and O–H groups in total. The Morgan fingerprint density at radius 3 is 2.81 bits per heavy atom. The zero-order chi connectivity index (χ0) is 14.2. The van der Waals surface area contributed by atoms with E-state index in [0.29, 0.717) is 0 Å². The van der Waals surface area contributed by atoms with Crippen LogP contribution in [0.3, 0.4) is 0 Å². The van der Waals surface area contributed by atoms with Gasteiger partial charge in [0.15, 0.2) is 5.82 Å². The molecule has 0 bridgehead atoms. The smallest absolute Gasteiger partial charge is 0.153 e. The second kappa shape index (κ2) is 5.13. The highest BCUT2D eigenvalue weighted by atomic mass is 15.3. The van der Waals surface area contributed by atoms with Crippen LogP contribution in [0.5, 0.6) is 0 Å². The molecule has 0 radical (unpaired) electrons. The molecule has 110 valence electrons. The van der Waals surface area contributed by atoms with Gasteiger partial charge in [-0.05, 0) is 51.9 Å². The first kappa shape index (κ1) is 12.8. The van der Waals surface area contributed by atoms with Crippen LogP contribution in [0.25, 0.3) is 0 Å². The molecule has 0 atom stereocenters. The summed E-state index contributed by atoms with van der Waals surface area (Å²) in [6.07, 6.45) is 8.26. The second-order valence-electron chi connectivity index (χ2n) is 6.08. The minimum atomic E-state index is 0.849. The molecule has 2 aliphatic rings. The largest absolute Gasteiger partial charge is 0.323 e. The SMILES string of the molecule is Cc1nc2c(c(Nc3cc4n(n3)CCCC4)n1)CCCC2. The molecule has 4 rings (SSSR count). The summed E-state index contributed by atoms with van der Waals surface area (Å²) in [5.74, 6) is 2.74. The van der Waals surface area contributed by atoms with Crippen molar-refractivity contribution in [2.45, 2.75) is 58.4 Å². The summed E-state index contributed by atoms with van der Waals surface area (Å²) in [5.41, 5.74) is 3.85. The lowest BCUT2D eigenvalue weighted by Crippen LogP contribution is -2.12. The number of nitrogens with one attached hydrogen (secondary N) is 1. The Morgan fingerprint density at radius 2 is 1.90 bits per heavy atom. The number of rotatable bonds is 2. The standard InChI is InChI=1S/C16H21N5/c1-11-17-14-8-3-2-7-13(14)16(18-11)19-15-10-12-6-4-5-9-21(12)20-15/h10H,2-9H2,1H3,(H,17,18,19,20). The summed E-state index contributed by atoms with van der Waals surface area (Å²) >= 11 is 0. The first-order chi connectivity index (χ1) is 10.3. The van der Waals surface area contributed by atoms with E-state index in [1.165, 1.54) is 42.6 Å². The molecule has 0 fully saturated rings. The Bertz CT molecular complexity index is 650. The second-order valence-corrected chi connectivity index (χ2v) is 6.08. The van der Waals surface area contributed by atoms with E-state index in [0.717, 1.165) is 43.3 Å². The lowest BCUT2D eigenvalue weighted by atomic mass is 9.96. The summed E-state index contributed by atoms with van der Waals surface area (Å²) in [5, 5.41) is 8.12. The average molecular weight is 283 g/mol. The maximum absolute atomic E-state index is 4.67. The molecule has 0 spiro atoms. The van der Waals surface area contributed by atoms with Crippen molar-refractivity contribution in [2.24, 2.45) is 0 Å². The fourth-order valence-corrected chi connectivity index (χ4v) is 3.42. The predicted octanol–water partition coefficient (Wildman–Crippen LogP) is 2.94. The molecule has 0 unspecified atom stereocenters. The van der Waals surface area contributed by atoms with Crippen LogP contribution >= 0.6 is 0 Å². The highest BCUT2D eigenvalue weighted by Crippen LogP contribution is 2.28. The molecule has 1 aliphatic heterocycles. The number of fused-ring (bicyclic) bond motifs is 2. The molecule has 1 aliphatic carbocycles. The molecule has 0 aromatic carbocycles. The molecule has 3 heterocycles. The van der Waals surface area contributed by atoms with Crippen LogP contribution in [0, 0.1) is 6.92 Å². The van der Waals surface area contributed by atoms with Gasteiger partial charge in [0, 0.05) is 29.6 Å². The number of anilines is 2. The van der Waals surface area contributed by atoms with Gasteiger partial charge in [-0.1, -0.05) is 0 Å². The third kappa shape index (κ3) is 2.41. The van der Waals surface area contributed by atoms with Gasteiger partial charge in [0.25, 0.3) is 0 Å². The fraction of sp³-hybridized carbons (Fsp3) is 0.562. The Kier molecular flexibility index (Phi) is 3.13. The number of aryl methyl sites for hydroxylation is 4. The van der Waals surface area contributed by atoms with Gasteiger partial charge in [0.05, 0.1) is 0 Å². The third-order valence-electron chi connectivity index (χ3n) is 4.46. The number of hydrogen-bond acceptors (Lipinski definition) is 4. The van der Waals surface area contributed by atoms with Crippen molar-refractivity contribution in [3.63, 3.8) is 0 Å². The Labute approximate surface area is 124 Å². The molecule has 2 aromatic rings. The van der Waals surface area contributed by atoms with Gasteiger partial charge in [0.2, 0.25) is 0 Å². The monoisotopic (exact) mass is 283 g/mol. The highest BCUT2D eigenvalue weighted by Gasteiger charge is 2.18. The quantitative estimate of drug-likeness (QED) is 0.920. The molecule has 2 aromatic heterocycles. The van der Waals surface area contributed by atoms with Gasteiger partial charge in [-0.2, -0.15) is 5.10 Å². The van der Waals surface area contributed by atoms with E-state index in [2.05, 4.69) is 31.1 Å². The van der Waals surface area contributed by atoms with Crippen molar-refractivity contribution in [2.75, 3.05) is 5.32 Å². The highest BCUT2D eigenvalue weighted by molar-refractivity contribution is 5.58. The maximum atomic E-state index is 4.67. The molecule has 5 nitrogen and oxygen atoms in total. The minimum Gasteiger partial charge on any atom is -0.323 e. The van der Waals surface area contributed by atoms with Gasteiger partial charge in [0.1, 0.15) is 11.6 Å². The Hall–Kier alpha value is -1.91. The van der Waals surface area contributed by atoms with E-state index in [1.807, 2.05) is 6.92 Å². The van der Waals surface area contributed by atoms with Crippen molar-refractivity contribution < 1.29 is 0 Å². The molecule has 5 heteroatoms. The van der Waals surface area contributed by atoms with E-state index >= 15 is 0 Å². The van der Waals surface area contributed by atoms with E-state index in [1.54, 1.807) is 0 Å². The normalized spacial score (nSPS) is 17.2. The van der Waals surface area contributed by atoms with Crippen molar-refractivity contribution in [3.05, 3.63) is 28.8 Å². The summed E-state index contributed by atoms with van der Waals surface area (Å²) in [6, 6.07) is 2.17. The molecular weight excluding hydrogens is 262 g/mol.